The molecule has 0 fully saturated rings. The van der Waals surface area contributed by atoms with Crippen molar-refractivity contribution in [2.45, 2.75) is 19.9 Å². The monoisotopic (exact) mass is 376 g/mol. The average molecular weight is 377 g/mol. The molecule has 1 aliphatic rings. The van der Waals surface area contributed by atoms with E-state index in [0.717, 1.165) is 11.3 Å². The van der Waals surface area contributed by atoms with E-state index in [1.165, 1.54) is 0 Å². The zero-order chi connectivity index (χ0) is 18.1. The van der Waals surface area contributed by atoms with Crippen molar-refractivity contribution < 1.29 is 9.32 Å². The first-order valence-corrected chi connectivity index (χ1v) is 8.40. The van der Waals surface area contributed by atoms with Gasteiger partial charge in [-0.2, -0.15) is 0 Å². The number of aromatic nitrogens is 1. The van der Waals surface area contributed by atoms with Crippen LogP contribution in [-0.2, 0) is 4.79 Å². The summed E-state index contributed by atoms with van der Waals surface area (Å²) in [6.45, 7) is 3.62. The Kier molecular flexibility index (Phi) is 4.78. The fraction of sp³-hybridized carbons (Fsp3) is 0.235. The molecule has 1 amide bonds. The van der Waals surface area contributed by atoms with E-state index in [0.29, 0.717) is 27.3 Å². The first kappa shape index (κ1) is 17.4. The standard InChI is InChI=1S/C17H17ClN4O2S/c1-9-7-13(21-24-9)19-16(23)14-10(2)22(3)17(25)20-15(14)11-5-4-6-12(18)8-11/h4-8,15H,1-3H3,(H,20,25)(H,19,21,23). The molecule has 0 saturated heterocycles. The van der Waals surface area contributed by atoms with Gasteiger partial charge in [-0.15, -0.1) is 0 Å². The molecule has 0 aliphatic carbocycles. The van der Waals surface area contributed by atoms with Crippen molar-refractivity contribution in [2.24, 2.45) is 0 Å². The predicted octanol–water partition coefficient (Wildman–Crippen LogP) is 3.41. The van der Waals surface area contributed by atoms with Gasteiger partial charge in [-0.25, -0.2) is 0 Å². The Labute approximate surface area is 155 Å². The van der Waals surface area contributed by atoms with E-state index in [1.807, 2.05) is 32.2 Å². The van der Waals surface area contributed by atoms with Crippen LogP contribution in [0.2, 0.25) is 5.02 Å². The van der Waals surface area contributed by atoms with Crippen molar-refractivity contribution >= 4 is 40.7 Å². The fourth-order valence-corrected chi connectivity index (χ4v) is 3.13. The smallest absolute Gasteiger partial charge is 0.257 e. The Morgan fingerprint density at radius 1 is 1.40 bits per heavy atom. The van der Waals surface area contributed by atoms with Gasteiger partial charge in [-0.3, -0.25) is 4.79 Å². The molecule has 0 spiro atoms. The topological polar surface area (TPSA) is 70.4 Å². The van der Waals surface area contributed by atoms with Gasteiger partial charge in [0.1, 0.15) is 5.76 Å². The number of hydrogen-bond acceptors (Lipinski definition) is 4. The maximum atomic E-state index is 12.9. The molecular weight excluding hydrogens is 360 g/mol. The molecular formula is C17H17ClN4O2S. The van der Waals surface area contributed by atoms with Gasteiger partial charge in [0.15, 0.2) is 10.9 Å². The molecule has 0 saturated carbocycles. The first-order valence-electron chi connectivity index (χ1n) is 7.62. The predicted molar refractivity (Wildman–Crippen MR) is 100 cm³/mol. The number of amides is 1. The Morgan fingerprint density at radius 2 is 2.16 bits per heavy atom. The van der Waals surface area contributed by atoms with Gasteiger partial charge in [-0.1, -0.05) is 28.9 Å². The molecule has 2 aromatic rings. The number of thiocarbonyl (C=S) groups is 1. The second-order valence-corrected chi connectivity index (χ2v) is 6.60. The van der Waals surface area contributed by atoms with Crippen LogP contribution in [0.15, 0.2) is 46.1 Å². The lowest BCUT2D eigenvalue weighted by molar-refractivity contribution is -0.113. The average Bonchev–Trinajstić information content (AvgIpc) is 2.97. The molecule has 1 aromatic carbocycles. The SMILES string of the molecule is CC1=C(C(=O)Nc2cc(C)on2)C(c2cccc(Cl)c2)NC(=S)N1C. The molecule has 2 heterocycles. The summed E-state index contributed by atoms with van der Waals surface area (Å²) in [5, 5.41) is 10.9. The molecule has 2 N–H and O–H groups in total. The van der Waals surface area contributed by atoms with E-state index in [1.54, 1.807) is 24.0 Å². The van der Waals surface area contributed by atoms with E-state index < -0.39 is 6.04 Å². The van der Waals surface area contributed by atoms with Crippen LogP contribution in [-0.4, -0.2) is 28.1 Å². The summed E-state index contributed by atoms with van der Waals surface area (Å²) in [7, 11) is 1.81. The number of carbonyl (C=O) groups excluding carboxylic acids is 1. The highest BCUT2D eigenvalue weighted by Crippen LogP contribution is 2.31. The van der Waals surface area contributed by atoms with Crippen molar-refractivity contribution in [1.82, 2.24) is 15.4 Å². The van der Waals surface area contributed by atoms with Crippen molar-refractivity contribution in [3.63, 3.8) is 0 Å². The van der Waals surface area contributed by atoms with Crippen LogP contribution >= 0.6 is 23.8 Å². The highest BCUT2D eigenvalue weighted by molar-refractivity contribution is 7.80. The highest BCUT2D eigenvalue weighted by Gasteiger charge is 2.32. The van der Waals surface area contributed by atoms with E-state index in [9.17, 15) is 4.79 Å². The number of nitrogens with one attached hydrogen (secondary N) is 2. The number of rotatable bonds is 3. The van der Waals surface area contributed by atoms with Gasteiger partial charge in [0.25, 0.3) is 5.91 Å². The molecule has 0 radical (unpaired) electrons. The minimum atomic E-state index is -0.407. The van der Waals surface area contributed by atoms with Gasteiger partial charge >= 0.3 is 0 Å². The van der Waals surface area contributed by atoms with E-state index in [-0.39, 0.29) is 5.91 Å². The highest BCUT2D eigenvalue weighted by atomic mass is 35.5. The minimum absolute atomic E-state index is 0.280. The number of hydrogen-bond donors (Lipinski definition) is 2. The lowest BCUT2D eigenvalue weighted by Crippen LogP contribution is -2.46. The normalized spacial score (nSPS) is 17.5. The summed E-state index contributed by atoms with van der Waals surface area (Å²) >= 11 is 11.5. The Bertz CT molecular complexity index is 877. The van der Waals surface area contributed by atoms with Gasteiger partial charge in [0.05, 0.1) is 11.6 Å². The van der Waals surface area contributed by atoms with Crippen LogP contribution in [0.5, 0.6) is 0 Å². The van der Waals surface area contributed by atoms with Crippen LogP contribution in [0.25, 0.3) is 0 Å². The number of anilines is 1. The molecule has 8 heteroatoms. The molecule has 1 atom stereocenters. The maximum Gasteiger partial charge on any atom is 0.257 e. The van der Waals surface area contributed by atoms with Crippen LogP contribution in [0, 0.1) is 6.92 Å². The number of aryl methyl sites for hydroxylation is 1. The van der Waals surface area contributed by atoms with E-state index in [2.05, 4.69) is 15.8 Å². The van der Waals surface area contributed by atoms with Crippen LogP contribution in [0.1, 0.15) is 24.3 Å². The van der Waals surface area contributed by atoms with Gasteiger partial charge < -0.3 is 20.1 Å². The van der Waals surface area contributed by atoms with Crippen molar-refractivity contribution in [3.8, 4) is 0 Å². The van der Waals surface area contributed by atoms with Gasteiger partial charge in [0.2, 0.25) is 0 Å². The largest absolute Gasteiger partial charge is 0.360 e. The molecule has 130 valence electrons. The minimum Gasteiger partial charge on any atom is -0.360 e. The summed E-state index contributed by atoms with van der Waals surface area (Å²) in [6, 6.07) is 8.59. The number of halogens is 1. The van der Waals surface area contributed by atoms with Crippen molar-refractivity contribution in [3.05, 3.63) is 57.9 Å². The number of allylic oxidation sites excluding steroid dienone is 1. The number of benzene rings is 1. The zero-order valence-electron chi connectivity index (χ0n) is 14.0. The Morgan fingerprint density at radius 3 is 2.80 bits per heavy atom. The molecule has 3 rings (SSSR count). The van der Waals surface area contributed by atoms with Crippen molar-refractivity contribution in [2.75, 3.05) is 12.4 Å². The lowest BCUT2D eigenvalue weighted by atomic mass is 9.94. The number of nitrogens with zero attached hydrogens (tertiary/aromatic N) is 2. The molecule has 1 aliphatic heterocycles. The maximum absolute atomic E-state index is 12.9. The van der Waals surface area contributed by atoms with Crippen LogP contribution in [0.3, 0.4) is 0 Å². The first-order chi connectivity index (χ1) is 11.9. The molecule has 6 nitrogen and oxygen atoms in total. The molecule has 1 unspecified atom stereocenters. The summed E-state index contributed by atoms with van der Waals surface area (Å²) in [6.07, 6.45) is 0. The van der Waals surface area contributed by atoms with Crippen LogP contribution in [0.4, 0.5) is 5.82 Å². The lowest BCUT2D eigenvalue weighted by Gasteiger charge is -2.35. The van der Waals surface area contributed by atoms with E-state index in [4.69, 9.17) is 28.3 Å². The quantitative estimate of drug-likeness (QED) is 0.800. The third kappa shape index (κ3) is 3.52. The third-order valence-corrected chi connectivity index (χ3v) is 4.68. The second kappa shape index (κ2) is 6.85. The summed E-state index contributed by atoms with van der Waals surface area (Å²) < 4.78 is 5.00. The van der Waals surface area contributed by atoms with Gasteiger partial charge in [-0.05, 0) is 43.8 Å². The number of carbonyl (C=O) groups is 1. The second-order valence-electron chi connectivity index (χ2n) is 5.77. The summed E-state index contributed by atoms with van der Waals surface area (Å²) in [5.74, 6) is 0.702. The van der Waals surface area contributed by atoms with Gasteiger partial charge in [0, 0.05) is 23.8 Å². The van der Waals surface area contributed by atoms with E-state index >= 15 is 0 Å². The zero-order valence-corrected chi connectivity index (χ0v) is 15.5. The van der Waals surface area contributed by atoms with Crippen molar-refractivity contribution in [1.29, 1.82) is 0 Å². The summed E-state index contributed by atoms with van der Waals surface area (Å²) in [5.41, 5.74) is 2.15. The molecule has 1 aromatic heterocycles. The fourth-order valence-electron chi connectivity index (χ4n) is 2.67. The van der Waals surface area contributed by atoms with Crippen LogP contribution < -0.4 is 10.6 Å². The Hall–Kier alpha value is -2.38. The Balaban J connectivity index is 2.00. The molecule has 25 heavy (non-hydrogen) atoms. The third-order valence-electron chi connectivity index (χ3n) is 4.05. The molecule has 0 bridgehead atoms. The summed E-state index contributed by atoms with van der Waals surface area (Å²) in [4.78, 5) is 14.7.